The molecule has 3 aromatic rings. The van der Waals surface area contributed by atoms with Gasteiger partial charge >= 0.3 is 0 Å². The second kappa shape index (κ2) is 11.3. The Morgan fingerprint density at radius 1 is 1.06 bits per heavy atom. The van der Waals surface area contributed by atoms with Crippen LogP contribution in [0.2, 0.25) is 0 Å². The number of benzene rings is 2. The van der Waals surface area contributed by atoms with E-state index in [4.69, 9.17) is 9.47 Å². The Kier molecular flexibility index (Phi) is 8.64. The van der Waals surface area contributed by atoms with E-state index in [0.29, 0.717) is 36.1 Å². The van der Waals surface area contributed by atoms with E-state index in [0.717, 1.165) is 5.56 Å². The number of hydrogen-bond donors (Lipinski definition) is 1. The Morgan fingerprint density at radius 2 is 1.74 bits per heavy atom. The highest BCUT2D eigenvalue weighted by molar-refractivity contribution is 5.43. The number of hydrogen-bond acceptors (Lipinski definition) is 5. The van der Waals surface area contributed by atoms with Gasteiger partial charge in [-0.3, -0.25) is 4.90 Å². The van der Waals surface area contributed by atoms with Crippen LogP contribution in [0.5, 0.6) is 11.6 Å². The van der Waals surface area contributed by atoms with Crippen LogP contribution in [0.15, 0.2) is 48.5 Å². The first-order chi connectivity index (χ1) is 16.4. The normalized spacial score (nSPS) is 13.0. The molecule has 8 heteroatoms. The fourth-order valence-electron chi connectivity index (χ4n) is 3.56. The molecule has 0 bridgehead atoms. The monoisotopic (exact) mass is 487 g/mol. The van der Waals surface area contributed by atoms with Gasteiger partial charge in [0, 0.05) is 25.2 Å². The minimum Gasteiger partial charge on any atom is -0.438 e. The van der Waals surface area contributed by atoms with E-state index in [1.54, 1.807) is 28.9 Å². The van der Waals surface area contributed by atoms with E-state index in [9.17, 15) is 13.9 Å². The maximum absolute atomic E-state index is 13.9. The summed E-state index contributed by atoms with van der Waals surface area (Å²) in [6.07, 6.45) is -0.684. The smallest absolute Gasteiger partial charge is 0.227 e. The fourth-order valence-corrected chi connectivity index (χ4v) is 3.56. The number of aryl methyl sites for hydroxylation is 1. The first-order valence-corrected chi connectivity index (χ1v) is 11.8. The summed E-state index contributed by atoms with van der Waals surface area (Å²) < 4.78 is 40.9. The van der Waals surface area contributed by atoms with E-state index >= 15 is 0 Å². The Balaban J connectivity index is 1.95. The van der Waals surface area contributed by atoms with Crippen molar-refractivity contribution in [3.05, 3.63) is 71.4 Å². The highest BCUT2D eigenvalue weighted by Gasteiger charge is 2.25. The molecule has 0 aliphatic carbocycles. The van der Waals surface area contributed by atoms with Gasteiger partial charge in [0.1, 0.15) is 17.4 Å². The van der Waals surface area contributed by atoms with E-state index in [2.05, 4.69) is 10.00 Å². The molecule has 0 amide bonds. The zero-order valence-electron chi connectivity index (χ0n) is 21.3. The molecule has 2 aromatic carbocycles. The summed E-state index contributed by atoms with van der Waals surface area (Å²) >= 11 is 0. The second-order valence-electron chi connectivity index (χ2n) is 9.92. The number of aliphatic hydroxyl groups excluding tert-OH is 1. The van der Waals surface area contributed by atoms with Crippen LogP contribution in [0, 0.1) is 18.6 Å². The van der Waals surface area contributed by atoms with E-state index < -0.39 is 11.9 Å². The van der Waals surface area contributed by atoms with Crippen LogP contribution in [0.25, 0.3) is 5.69 Å². The molecule has 1 heterocycles. The van der Waals surface area contributed by atoms with Crippen molar-refractivity contribution in [2.24, 2.45) is 0 Å². The summed E-state index contributed by atoms with van der Waals surface area (Å²) in [5.41, 5.74) is 1.77. The molecule has 0 aliphatic heterocycles. The zero-order chi connectivity index (χ0) is 25.8. The standard InChI is InChI=1S/C27H35F2N3O3/c1-18(2)31(15-23(33)17-34-27(4,5)6)16-25-19(3)30-32(22-12-10-20(28)11-13-22)26(25)35-24-9-7-8-21(29)14-24/h7-14,18,23,33H,15-17H2,1-6H3/t23-/m0/s1. The number of rotatable bonds is 10. The third-order valence-corrected chi connectivity index (χ3v) is 5.46. The Labute approximate surface area is 206 Å². The fraction of sp³-hybridized carbons (Fsp3) is 0.444. The molecule has 1 atom stereocenters. The number of halogens is 2. The maximum Gasteiger partial charge on any atom is 0.227 e. The molecule has 0 saturated carbocycles. The number of aliphatic hydroxyl groups is 1. The van der Waals surface area contributed by atoms with Crippen molar-refractivity contribution >= 4 is 0 Å². The predicted octanol–water partition coefficient (Wildman–Crippen LogP) is 5.64. The molecule has 0 radical (unpaired) electrons. The van der Waals surface area contributed by atoms with Gasteiger partial charge in [0.15, 0.2) is 0 Å². The van der Waals surface area contributed by atoms with Gasteiger partial charge < -0.3 is 14.6 Å². The van der Waals surface area contributed by atoms with E-state index in [1.807, 2.05) is 41.5 Å². The third-order valence-electron chi connectivity index (χ3n) is 5.46. The highest BCUT2D eigenvalue weighted by atomic mass is 19.1. The molecule has 0 saturated heterocycles. The summed E-state index contributed by atoms with van der Waals surface area (Å²) in [5.74, 6) is -0.0442. The molecular formula is C27H35F2N3O3. The van der Waals surface area contributed by atoms with Gasteiger partial charge in [0.2, 0.25) is 5.88 Å². The Bertz CT molecular complexity index is 1110. The predicted molar refractivity (Wildman–Crippen MR) is 132 cm³/mol. The summed E-state index contributed by atoms with van der Waals surface area (Å²) in [6.45, 7) is 12.8. The average molecular weight is 488 g/mol. The lowest BCUT2D eigenvalue weighted by molar-refractivity contribution is -0.0587. The molecule has 0 fully saturated rings. The SMILES string of the molecule is Cc1nn(-c2ccc(F)cc2)c(Oc2cccc(F)c2)c1CN(C[C@H](O)COC(C)(C)C)C(C)C. The number of aromatic nitrogens is 2. The van der Waals surface area contributed by atoms with Crippen molar-refractivity contribution in [3.8, 4) is 17.3 Å². The quantitative estimate of drug-likeness (QED) is 0.401. The van der Waals surface area contributed by atoms with Crippen molar-refractivity contribution < 1.29 is 23.4 Å². The van der Waals surface area contributed by atoms with Gasteiger partial charge in [0.25, 0.3) is 0 Å². The molecule has 0 unspecified atom stereocenters. The van der Waals surface area contributed by atoms with Crippen LogP contribution in [0.4, 0.5) is 8.78 Å². The molecule has 3 rings (SSSR count). The maximum atomic E-state index is 13.9. The molecular weight excluding hydrogens is 452 g/mol. The van der Waals surface area contributed by atoms with Crippen molar-refractivity contribution in [2.75, 3.05) is 13.2 Å². The lowest BCUT2D eigenvalue weighted by atomic mass is 10.1. The molecule has 6 nitrogen and oxygen atoms in total. The third kappa shape index (κ3) is 7.59. The number of ether oxygens (including phenoxy) is 2. The minimum absolute atomic E-state index is 0.106. The van der Waals surface area contributed by atoms with Crippen molar-refractivity contribution in [3.63, 3.8) is 0 Å². The number of nitrogens with zero attached hydrogens (tertiary/aromatic N) is 3. The van der Waals surface area contributed by atoms with Gasteiger partial charge in [-0.15, -0.1) is 0 Å². The largest absolute Gasteiger partial charge is 0.438 e. The van der Waals surface area contributed by atoms with Gasteiger partial charge in [0.05, 0.1) is 35.3 Å². The van der Waals surface area contributed by atoms with Crippen molar-refractivity contribution in [1.29, 1.82) is 0 Å². The first-order valence-electron chi connectivity index (χ1n) is 11.8. The van der Waals surface area contributed by atoms with Gasteiger partial charge in [-0.2, -0.15) is 5.10 Å². The minimum atomic E-state index is -0.684. The van der Waals surface area contributed by atoms with Gasteiger partial charge in [-0.1, -0.05) is 6.07 Å². The van der Waals surface area contributed by atoms with Crippen molar-refractivity contribution in [2.45, 2.75) is 65.8 Å². The van der Waals surface area contributed by atoms with Crippen LogP contribution >= 0.6 is 0 Å². The second-order valence-corrected chi connectivity index (χ2v) is 9.92. The first kappa shape index (κ1) is 26.8. The topological polar surface area (TPSA) is 59.8 Å². The molecule has 0 aliphatic rings. The van der Waals surface area contributed by atoms with Crippen molar-refractivity contribution in [1.82, 2.24) is 14.7 Å². The summed E-state index contributed by atoms with van der Waals surface area (Å²) in [6, 6.07) is 11.9. The van der Waals surface area contributed by atoms with E-state index in [1.165, 1.54) is 24.3 Å². The molecule has 190 valence electrons. The summed E-state index contributed by atoms with van der Waals surface area (Å²) in [4.78, 5) is 2.11. The Hall–Kier alpha value is -2.81. The van der Waals surface area contributed by atoms with Gasteiger partial charge in [-0.05, 0) is 77.9 Å². The summed E-state index contributed by atoms with van der Waals surface area (Å²) in [5, 5.41) is 15.3. The van der Waals surface area contributed by atoms with Crippen LogP contribution in [0.1, 0.15) is 45.9 Å². The van der Waals surface area contributed by atoms with Crippen LogP contribution < -0.4 is 4.74 Å². The van der Waals surface area contributed by atoms with Crippen LogP contribution in [-0.4, -0.2) is 50.7 Å². The van der Waals surface area contributed by atoms with Crippen LogP contribution in [0.3, 0.4) is 0 Å². The zero-order valence-corrected chi connectivity index (χ0v) is 21.3. The average Bonchev–Trinajstić information content (AvgIpc) is 3.07. The van der Waals surface area contributed by atoms with E-state index in [-0.39, 0.29) is 24.1 Å². The molecule has 1 aromatic heterocycles. The lowest BCUT2D eigenvalue weighted by Crippen LogP contribution is -2.40. The molecule has 1 N–H and O–H groups in total. The lowest BCUT2D eigenvalue weighted by Gasteiger charge is -2.30. The van der Waals surface area contributed by atoms with Gasteiger partial charge in [-0.25, -0.2) is 13.5 Å². The van der Waals surface area contributed by atoms with Crippen LogP contribution in [-0.2, 0) is 11.3 Å². The molecule has 0 spiro atoms. The highest BCUT2D eigenvalue weighted by Crippen LogP contribution is 2.32. The molecule has 35 heavy (non-hydrogen) atoms. The Morgan fingerprint density at radius 3 is 2.34 bits per heavy atom. The summed E-state index contributed by atoms with van der Waals surface area (Å²) in [7, 11) is 0.